The van der Waals surface area contributed by atoms with Crippen molar-refractivity contribution in [3.8, 4) is 0 Å². The molecule has 0 unspecified atom stereocenters. The van der Waals surface area contributed by atoms with E-state index in [2.05, 4.69) is 5.32 Å². The van der Waals surface area contributed by atoms with Gasteiger partial charge in [-0.3, -0.25) is 4.79 Å². The SMILES string of the molecule is CC(C)CC(C)(C)[C@@H](O)C(=O)NCCC(=O)[O-]. The van der Waals surface area contributed by atoms with Crippen molar-refractivity contribution in [2.45, 2.75) is 46.6 Å². The highest BCUT2D eigenvalue weighted by Crippen LogP contribution is 2.29. The molecule has 0 aliphatic carbocycles. The van der Waals surface area contributed by atoms with Crippen molar-refractivity contribution in [1.29, 1.82) is 0 Å². The van der Waals surface area contributed by atoms with Crippen LogP contribution in [0.4, 0.5) is 0 Å². The van der Waals surface area contributed by atoms with E-state index in [9.17, 15) is 19.8 Å². The van der Waals surface area contributed by atoms with E-state index < -0.39 is 23.4 Å². The lowest BCUT2D eigenvalue weighted by atomic mass is 9.78. The molecule has 0 aliphatic heterocycles. The number of hydrogen-bond acceptors (Lipinski definition) is 4. The van der Waals surface area contributed by atoms with Crippen LogP contribution in [0.1, 0.15) is 40.5 Å². The van der Waals surface area contributed by atoms with Gasteiger partial charge in [0, 0.05) is 18.9 Å². The molecule has 0 aliphatic rings. The third-order valence-corrected chi connectivity index (χ3v) is 2.55. The van der Waals surface area contributed by atoms with Gasteiger partial charge in [0.1, 0.15) is 6.10 Å². The van der Waals surface area contributed by atoms with E-state index >= 15 is 0 Å². The van der Waals surface area contributed by atoms with Gasteiger partial charge in [-0.25, -0.2) is 0 Å². The lowest BCUT2D eigenvalue weighted by Crippen LogP contribution is -2.45. The van der Waals surface area contributed by atoms with Crippen molar-refractivity contribution in [1.82, 2.24) is 5.32 Å². The number of carbonyl (C=O) groups is 2. The molecule has 0 heterocycles. The quantitative estimate of drug-likeness (QED) is 0.642. The van der Waals surface area contributed by atoms with Crippen molar-refractivity contribution in [3.05, 3.63) is 0 Å². The molecule has 1 atom stereocenters. The first-order valence-electron chi connectivity index (χ1n) is 5.82. The minimum Gasteiger partial charge on any atom is -0.550 e. The van der Waals surface area contributed by atoms with E-state index in [0.29, 0.717) is 12.3 Å². The van der Waals surface area contributed by atoms with Crippen LogP contribution in [0.3, 0.4) is 0 Å². The van der Waals surface area contributed by atoms with E-state index in [-0.39, 0.29) is 13.0 Å². The van der Waals surface area contributed by atoms with Crippen molar-refractivity contribution in [2.75, 3.05) is 6.54 Å². The third-order valence-electron chi connectivity index (χ3n) is 2.55. The summed E-state index contributed by atoms with van der Waals surface area (Å²) in [7, 11) is 0. The molecule has 0 aromatic carbocycles. The molecule has 0 saturated heterocycles. The van der Waals surface area contributed by atoms with Gasteiger partial charge in [0.15, 0.2) is 0 Å². The molecule has 5 nitrogen and oxygen atoms in total. The summed E-state index contributed by atoms with van der Waals surface area (Å²) in [6.07, 6.45) is -0.669. The Labute approximate surface area is 102 Å². The Bertz CT molecular complexity index is 274. The van der Waals surface area contributed by atoms with Crippen LogP contribution in [0.5, 0.6) is 0 Å². The zero-order valence-electron chi connectivity index (χ0n) is 10.9. The Balaban J connectivity index is 4.23. The molecule has 0 aromatic heterocycles. The Morgan fingerprint density at radius 2 is 1.88 bits per heavy atom. The predicted molar refractivity (Wildman–Crippen MR) is 61.9 cm³/mol. The first kappa shape index (κ1) is 15.9. The van der Waals surface area contributed by atoms with Gasteiger partial charge in [0.05, 0.1) is 0 Å². The Hall–Kier alpha value is -1.10. The van der Waals surface area contributed by atoms with Crippen LogP contribution in [0.25, 0.3) is 0 Å². The van der Waals surface area contributed by atoms with Gasteiger partial charge in [-0.2, -0.15) is 0 Å². The number of carboxylic acids is 1. The summed E-state index contributed by atoms with van der Waals surface area (Å²) < 4.78 is 0. The number of carboxylic acid groups (broad SMARTS) is 1. The largest absolute Gasteiger partial charge is 0.550 e. The molecule has 0 bridgehead atoms. The topological polar surface area (TPSA) is 89.5 Å². The number of hydrogen-bond donors (Lipinski definition) is 2. The third kappa shape index (κ3) is 6.26. The highest BCUT2D eigenvalue weighted by atomic mass is 16.4. The average Bonchev–Trinajstić information content (AvgIpc) is 2.13. The summed E-state index contributed by atoms with van der Waals surface area (Å²) in [4.78, 5) is 21.7. The minimum atomic E-state index is -1.22. The molecule has 2 N–H and O–H groups in total. The van der Waals surface area contributed by atoms with E-state index in [1.807, 2.05) is 27.7 Å². The molecular formula is C12H22NO4-. The first-order valence-corrected chi connectivity index (χ1v) is 5.82. The standard InChI is InChI=1S/C12H23NO4/c1-8(2)7-12(3,4)10(16)11(17)13-6-5-9(14)15/h8,10,16H,5-7H2,1-4H3,(H,13,17)(H,14,15)/p-1/t10-/m0/s1. The van der Waals surface area contributed by atoms with Gasteiger partial charge >= 0.3 is 0 Å². The van der Waals surface area contributed by atoms with Crippen molar-refractivity contribution in [3.63, 3.8) is 0 Å². The maximum Gasteiger partial charge on any atom is 0.249 e. The van der Waals surface area contributed by atoms with E-state index in [1.54, 1.807) is 0 Å². The van der Waals surface area contributed by atoms with Gasteiger partial charge in [0.25, 0.3) is 0 Å². The molecule has 1 amide bonds. The zero-order chi connectivity index (χ0) is 13.6. The summed E-state index contributed by atoms with van der Waals surface area (Å²) in [5, 5.41) is 22.4. The van der Waals surface area contributed by atoms with Gasteiger partial charge < -0.3 is 20.3 Å². The second kappa shape index (κ2) is 6.59. The van der Waals surface area contributed by atoms with Crippen LogP contribution < -0.4 is 10.4 Å². The van der Waals surface area contributed by atoms with Gasteiger partial charge in [0.2, 0.25) is 5.91 Å². The number of nitrogens with one attached hydrogen (secondary N) is 1. The lowest BCUT2D eigenvalue weighted by Gasteiger charge is -2.31. The molecule has 100 valence electrons. The van der Waals surface area contributed by atoms with E-state index in [1.165, 1.54) is 0 Å². The minimum absolute atomic E-state index is 0.0179. The molecule has 17 heavy (non-hydrogen) atoms. The normalized spacial score (nSPS) is 13.5. The maximum absolute atomic E-state index is 11.6. The van der Waals surface area contributed by atoms with Crippen LogP contribution in [0, 0.1) is 11.3 Å². The molecule has 5 heteroatoms. The Kier molecular flexibility index (Phi) is 6.16. The summed E-state index contributed by atoms with van der Waals surface area (Å²) >= 11 is 0. The van der Waals surface area contributed by atoms with E-state index in [0.717, 1.165) is 0 Å². The summed E-state index contributed by atoms with van der Waals surface area (Å²) in [6, 6.07) is 0. The second-order valence-electron chi connectivity index (χ2n) is 5.40. The number of aliphatic hydroxyl groups is 1. The van der Waals surface area contributed by atoms with Gasteiger partial charge in [-0.05, 0) is 17.8 Å². The zero-order valence-corrected chi connectivity index (χ0v) is 10.9. The highest BCUT2D eigenvalue weighted by molar-refractivity contribution is 5.81. The van der Waals surface area contributed by atoms with Crippen molar-refractivity contribution in [2.24, 2.45) is 11.3 Å². The van der Waals surface area contributed by atoms with Gasteiger partial charge in [-0.15, -0.1) is 0 Å². The fourth-order valence-electron chi connectivity index (χ4n) is 1.90. The number of aliphatic hydroxyl groups excluding tert-OH is 1. The van der Waals surface area contributed by atoms with Crippen LogP contribution in [0.2, 0.25) is 0 Å². The van der Waals surface area contributed by atoms with Gasteiger partial charge in [-0.1, -0.05) is 27.7 Å². The van der Waals surface area contributed by atoms with Crippen LogP contribution in [-0.4, -0.2) is 29.6 Å². The molecule has 0 saturated carbocycles. The first-order chi connectivity index (χ1) is 7.66. The summed E-state index contributed by atoms with van der Waals surface area (Å²) in [5.41, 5.74) is -0.528. The average molecular weight is 244 g/mol. The molecule has 0 radical (unpaired) electrons. The number of aliphatic carboxylic acids is 1. The van der Waals surface area contributed by atoms with Crippen LogP contribution in [-0.2, 0) is 9.59 Å². The highest BCUT2D eigenvalue weighted by Gasteiger charge is 2.33. The summed E-state index contributed by atoms with van der Waals surface area (Å²) in [6.45, 7) is 7.65. The Morgan fingerprint density at radius 3 is 2.29 bits per heavy atom. The van der Waals surface area contributed by atoms with Crippen molar-refractivity contribution >= 4 is 11.9 Å². The Morgan fingerprint density at radius 1 is 1.35 bits per heavy atom. The molecule has 0 fully saturated rings. The number of rotatable bonds is 7. The van der Waals surface area contributed by atoms with E-state index in [4.69, 9.17) is 0 Å². The lowest BCUT2D eigenvalue weighted by molar-refractivity contribution is -0.305. The molecule has 0 rings (SSSR count). The summed E-state index contributed by atoms with van der Waals surface area (Å²) in [5.74, 6) is -1.38. The molecular weight excluding hydrogens is 222 g/mol. The fourth-order valence-corrected chi connectivity index (χ4v) is 1.90. The smallest absolute Gasteiger partial charge is 0.249 e. The fraction of sp³-hybridized carbons (Fsp3) is 0.833. The maximum atomic E-state index is 11.6. The molecule has 0 spiro atoms. The monoisotopic (exact) mass is 244 g/mol. The second-order valence-corrected chi connectivity index (χ2v) is 5.40. The van der Waals surface area contributed by atoms with Crippen molar-refractivity contribution < 1.29 is 19.8 Å². The number of carbonyl (C=O) groups excluding carboxylic acids is 2. The molecule has 0 aromatic rings. The van der Waals surface area contributed by atoms with Crippen LogP contribution >= 0.6 is 0 Å². The van der Waals surface area contributed by atoms with Crippen LogP contribution in [0.15, 0.2) is 0 Å². The number of amides is 1. The predicted octanol–water partition coefficient (Wildman–Crippen LogP) is -0.324.